The number of hydrogen-bond donors (Lipinski definition) is 0. The molecule has 0 atom stereocenters. The van der Waals surface area contributed by atoms with Crippen molar-refractivity contribution >= 4 is 33.4 Å². The van der Waals surface area contributed by atoms with Gasteiger partial charge in [-0.05, 0) is 48.2 Å². The molecule has 0 radical (unpaired) electrons. The smallest absolute Gasteiger partial charge is 0.310 e. The first-order valence-corrected chi connectivity index (χ1v) is 10.5. The van der Waals surface area contributed by atoms with Gasteiger partial charge in [0.2, 0.25) is 0 Å². The molecule has 25 heavy (non-hydrogen) atoms. The molecule has 0 aliphatic heterocycles. The average molecular weight is 378 g/mol. The van der Waals surface area contributed by atoms with E-state index in [1.807, 2.05) is 30.5 Å². The average Bonchev–Trinajstić information content (AvgIpc) is 2.59. The van der Waals surface area contributed by atoms with Gasteiger partial charge in [0.15, 0.2) is 22.2 Å². The number of hydrogen-bond acceptors (Lipinski definition) is 6. The van der Waals surface area contributed by atoms with Gasteiger partial charge in [-0.15, -0.1) is 11.8 Å². The molecule has 0 aliphatic rings. The molecule has 0 spiro atoms. The maximum Gasteiger partial charge on any atom is 0.310 e. The number of rotatable bonds is 7. The zero-order valence-electron chi connectivity index (χ0n) is 13.9. The third-order valence-corrected chi connectivity index (χ3v) is 5.35. The van der Waals surface area contributed by atoms with Gasteiger partial charge in [-0.2, -0.15) is 0 Å². The molecule has 7 heteroatoms. The van der Waals surface area contributed by atoms with E-state index in [4.69, 9.17) is 4.74 Å². The summed E-state index contributed by atoms with van der Waals surface area (Å²) in [5, 5.41) is 0. The van der Waals surface area contributed by atoms with Gasteiger partial charge in [0.1, 0.15) is 0 Å². The fourth-order valence-electron chi connectivity index (χ4n) is 2.08. The lowest BCUT2D eigenvalue weighted by Gasteiger charge is -2.06. The van der Waals surface area contributed by atoms with E-state index in [0.29, 0.717) is 5.56 Å². The predicted octanol–water partition coefficient (Wildman–Crippen LogP) is 2.78. The highest BCUT2D eigenvalue weighted by Gasteiger charge is 2.12. The van der Waals surface area contributed by atoms with E-state index in [-0.39, 0.29) is 23.7 Å². The molecule has 2 aromatic carbocycles. The van der Waals surface area contributed by atoms with Crippen molar-refractivity contribution in [3.63, 3.8) is 0 Å². The van der Waals surface area contributed by atoms with Crippen molar-refractivity contribution in [3.05, 3.63) is 59.7 Å². The number of carbonyl (C=O) groups is 2. The lowest BCUT2D eigenvalue weighted by Crippen LogP contribution is -2.15. The van der Waals surface area contributed by atoms with Gasteiger partial charge in [-0.3, -0.25) is 9.59 Å². The highest BCUT2D eigenvalue weighted by atomic mass is 32.2. The lowest BCUT2D eigenvalue weighted by molar-refractivity contribution is -0.141. The van der Waals surface area contributed by atoms with Crippen LogP contribution >= 0.6 is 11.8 Å². The molecule has 2 aromatic rings. The molecule has 5 nitrogen and oxygen atoms in total. The largest absolute Gasteiger partial charge is 0.457 e. The second kappa shape index (κ2) is 8.31. The number of ether oxygens (including phenoxy) is 1. The van der Waals surface area contributed by atoms with Gasteiger partial charge in [-0.1, -0.05) is 12.1 Å². The molecule has 132 valence electrons. The normalized spacial score (nSPS) is 11.1. The fraction of sp³-hybridized carbons (Fsp3) is 0.222. The molecule has 0 aromatic heterocycles. The van der Waals surface area contributed by atoms with Crippen molar-refractivity contribution in [2.24, 2.45) is 0 Å². The van der Waals surface area contributed by atoms with Crippen LogP contribution in [0.4, 0.5) is 0 Å². The van der Waals surface area contributed by atoms with Gasteiger partial charge in [0.05, 0.1) is 11.3 Å². The Morgan fingerprint density at radius 1 is 1.00 bits per heavy atom. The minimum Gasteiger partial charge on any atom is -0.457 e. The Bertz CT molecular complexity index is 853. The number of Topliss-reactive ketones (excluding diaryl/α,β-unsaturated/α-hetero) is 1. The highest BCUT2D eigenvalue weighted by Crippen LogP contribution is 2.15. The summed E-state index contributed by atoms with van der Waals surface area (Å²) in [5.41, 5.74) is 1.11. The summed E-state index contributed by atoms with van der Waals surface area (Å²) in [6.45, 7) is -0.375. The quantitative estimate of drug-likeness (QED) is 0.419. The van der Waals surface area contributed by atoms with Crippen LogP contribution in [0, 0.1) is 0 Å². The predicted molar refractivity (Wildman–Crippen MR) is 96.8 cm³/mol. The van der Waals surface area contributed by atoms with Crippen LogP contribution in [0.2, 0.25) is 0 Å². The van der Waals surface area contributed by atoms with Crippen molar-refractivity contribution in [3.8, 4) is 0 Å². The SMILES string of the molecule is CSc1ccc(CC(=O)OCC(=O)c2ccc(S(C)(=O)=O)cc2)cc1. The summed E-state index contributed by atoms with van der Waals surface area (Å²) in [7, 11) is -3.31. The minimum atomic E-state index is -3.31. The molecule has 0 aliphatic carbocycles. The lowest BCUT2D eigenvalue weighted by atomic mass is 10.1. The molecule has 0 bridgehead atoms. The Morgan fingerprint density at radius 3 is 2.12 bits per heavy atom. The van der Waals surface area contributed by atoms with E-state index >= 15 is 0 Å². The standard InChI is InChI=1S/C18H18O5S2/c1-24-15-7-3-13(4-8-15)11-18(20)23-12-17(19)14-5-9-16(10-6-14)25(2,21)22/h3-10H,11-12H2,1-2H3. The molecule has 0 amide bonds. The Labute approximate surface area is 151 Å². The maximum absolute atomic E-state index is 12.0. The van der Waals surface area contributed by atoms with Crippen molar-refractivity contribution in [1.82, 2.24) is 0 Å². The van der Waals surface area contributed by atoms with Crippen LogP contribution in [0.25, 0.3) is 0 Å². The fourth-order valence-corrected chi connectivity index (χ4v) is 3.12. The summed E-state index contributed by atoms with van der Waals surface area (Å²) >= 11 is 1.61. The van der Waals surface area contributed by atoms with Gasteiger partial charge in [0, 0.05) is 16.7 Å². The van der Waals surface area contributed by atoms with Crippen LogP contribution in [-0.2, 0) is 25.8 Å². The van der Waals surface area contributed by atoms with Crippen LogP contribution in [0.15, 0.2) is 58.3 Å². The first kappa shape index (κ1) is 19.2. The number of esters is 1. The van der Waals surface area contributed by atoms with Crippen molar-refractivity contribution in [1.29, 1.82) is 0 Å². The number of carbonyl (C=O) groups excluding carboxylic acids is 2. The Kier molecular flexibility index (Phi) is 6.39. The molecular weight excluding hydrogens is 360 g/mol. The Hall–Kier alpha value is -2.12. The summed E-state index contributed by atoms with van der Waals surface area (Å²) < 4.78 is 27.8. The van der Waals surface area contributed by atoms with E-state index < -0.39 is 15.8 Å². The van der Waals surface area contributed by atoms with Crippen LogP contribution in [0.3, 0.4) is 0 Å². The molecule has 0 heterocycles. The maximum atomic E-state index is 12.0. The van der Waals surface area contributed by atoms with Crippen molar-refractivity contribution in [2.45, 2.75) is 16.2 Å². The summed E-state index contributed by atoms with van der Waals surface area (Å²) in [4.78, 5) is 25.1. The van der Waals surface area contributed by atoms with Gasteiger partial charge < -0.3 is 4.74 Å². The van der Waals surface area contributed by atoms with Gasteiger partial charge in [-0.25, -0.2) is 8.42 Å². The summed E-state index contributed by atoms with van der Waals surface area (Å²) in [5.74, 6) is -0.871. The number of sulfone groups is 1. The van der Waals surface area contributed by atoms with E-state index in [2.05, 4.69) is 0 Å². The molecular formula is C18H18O5S2. The zero-order valence-corrected chi connectivity index (χ0v) is 15.5. The molecule has 0 saturated heterocycles. The number of thioether (sulfide) groups is 1. The number of ketones is 1. The second-order valence-corrected chi connectivity index (χ2v) is 8.30. The summed E-state index contributed by atoms with van der Waals surface area (Å²) in [6, 6.07) is 13.1. The minimum absolute atomic E-state index is 0.0922. The first-order chi connectivity index (χ1) is 11.8. The molecule has 0 N–H and O–H groups in total. The van der Waals surface area contributed by atoms with E-state index in [9.17, 15) is 18.0 Å². The van der Waals surface area contributed by atoms with E-state index in [0.717, 1.165) is 16.7 Å². The van der Waals surface area contributed by atoms with E-state index in [1.54, 1.807) is 11.8 Å². The number of benzene rings is 2. The Balaban J connectivity index is 1.89. The monoisotopic (exact) mass is 378 g/mol. The molecule has 2 rings (SSSR count). The topological polar surface area (TPSA) is 77.5 Å². The van der Waals surface area contributed by atoms with E-state index in [1.165, 1.54) is 24.3 Å². The van der Waals surface area contributed by atoms with Crippen LogP contribution in [-0.4, -0.2) is 39.3 Å². The third kappa shape index (κ3) is 5.72. The summed E-state index contributed by atoms with van der Waals surface area (Å²) in [6.07, 6.45) is 3.16. The van der Waals surface area contributed by atoms with Crippen LogP contribution in [0.1, 0.15) is 15.9 Å². The molecule has 0 saturated carbocycles. The van der Waals surface area contributed by atoms with Gasteiger partial charge in [0.25, 0.3) is 0 Å². The molecule has 0 fully saturated rings. The van der Waals surface area contributed by atoms with Crippen molar-refractivity contribution < 1.29 is 22.7 Å². The van der Waals surface area contributed by atoms with Crippen LogP contribution in [0.5, 0.6) is 0 Å². The molecule has 0 unspecified atom stereocenters. The zero-order chi connectivity index (χ0) is 18.4. The second-order valence-electron chi connectivity index (χ2n) is 5.41. The van der Waals surface area contributed by atoms with Crippen molar-refractivity contribution in [2.75, 3.05) is 19.1 Å². The first-order valence-electron chi connectivity index (χ1n) is 7.41. The third-order valence-electron chi connectivity index (χ3n) is 3.48. The van der Waals surface area contributed by atoms with Crippen LogP contribution < -0.4 is 0 Å². The van der Waals surface area contributed by atoms with Gasteiger partial charge >= 0.3 is 5.97 Å². The highest BCUT2D eigenvalue weighted by molar-refractivity contribution is 7.98. The Morgan fingerprint density at radius 2 is 1.60 bits per heavy atom.